The first-order valence-corrected chi connectivity index (χ1v) is 9.17. The zero-order valence-corrected chi connectivity index (χ0v) is 15.7. The van der Waals surface area contributed by atoms with E-state index in [0.717, 1.165) is 50.4 Å². The average Bonchev–Trinajstić information content (AvgIpc) is 2.58. The Morgan fingerprint density at radius 1 is 1.28 bits per heavy atom. The topological polar surface area (TPSA) is 48.9 Å². The van der Waals surface area contributed by atoms with Crippen molar-refractivity contribution in [2.75, 3.05) is 53.4 Å². The lowest BCUT2D eigenvalue weighted by atomic mass is 9.89. The third-order valence-electron chi connectivity index (χ3n) is 5.26. The number of ether oxygens (including phenoxy) is 1. The molecule has 0 bridgehead atoms. The van der Waals surface area contributed by atoms with Gasteiger partial charge in [0.2, 0.25) is 5.91 Å². The number of carbonyl (C=O) groups excluding carboxylic acids is 1. The lowest BCUT2D eigenvalue weighted by Gasteiger charge is -2.47. The SMILES string of the molecule is Cc1cccc(CN2CC3(CCN(CCN(C)C)CC3)OCC2=O)n1. The van der Waals surface area contributed by atoms with Crippen LogP contribution >= 0.6 is 0 Å². The second-order valence-corrected chi connectivity index (χ2v) is 7.64. The van der Waals surface area contributed by atoms with Gasteiger partial charge < -0.3 is 19.4 Å². The molecule has 0 aliphatic carbocycles. The van der Waals surface area contributed by atoms with Gasteiger partial charge in [0.25, 0.3) is 0 Å². The molecular formula is C19H30N4O2. The van der Waals surface area contributed by atoms with Crippen LogP contribution in [0.4, 0.5) is 0 Å². The number of aromatic nitrogens is 1. The number of pyridine rings is 1. The Morgan fingerprint density at radius 2 is 2.04 bits per heavy atom. The van der Waals surface area contributed by atoms with Crippen LogP contribution in [-0.2, 0) is 16.1 Å². The number of aryl methyl sites for hydroxylation is 1. The second kappa shape index (κ2) is 7.81. The highest BCUT2D eigenvalue weighted by Crippen LogP contribution is 2.31. The monoisotopic (exact) mass is 346 g/mol. The highest BCUT2D eigenvalue weighted by molar-refractivity contribution is 5.78. The fourth-order valence-corrected chi connectivity index (χ4v) is 3.64. The lowest BCUT2D eigenvalue weighted by molar-refractivity contribution is -0.172. The van der Waals surface area contributed by atoms with Gasteiger partial charge in [-0.1, -0.05) is 6.07 Å². The summed E-state index contributed by atoms with van der Waals surface area (Å²) in [6.07, 6.45) is 1.98. The number of piperidine rings is 1. The summed E-state index contributed by atoms with van der Waals surface area (Å²) < 4.78 is 6.04. The predicted octanol–water partition coefficient (Wildman–Crippen LogP) is 1.15. The lowest BCUT2D eigenvalue weighted by Crippen LogP contribution is -2.58. The van der Waals surface area contributed by atoms with Gasteiger partial charge in [-0.25, -0.2) is 0 Å². The van der Waals surface area contributed by atoms with Crippen LogP contribution in [-0.4, -0.2) is 84.6 Å². The summed E-state index contributed by atoms with van der Waals surface area (Å²) in [5, 5.41) is 0. The molecule has 3 rings (SSSR count). The van der Waals surface area contributed by atoms with E-state index >= 15 is 0 Å². The van der Waals surface area contributed by atoms with Gasteiger partial charge in [0.15, 0.2) is 0 Å². The molecule has 2 aliphatic rings. The number of morpholine rings is 1. The smallest absolute Gasteiger partial charge is 0.249 e. The van der Waals surface area contributed by atoms with Crippen LogP contribution in [0.5, 0.6) is 0 Å². The number of likely N-dealkylation sites (N-methyl/N-ethyl adjacent to an activating group) is 1. The maximum Gasteiger partial charge on any atom is 0.249 e. The number of rotatable bonds is 5. The molecule has 6 heteroatoms. The normalized spacial score (nSPS) is 21.3. The number of carbonyl (C=O) groups is 1. The minimum absolute atomic E-state index is 0.0731. The molecule has 0 aromatic carbocycles. The van der Waals surface area contributed by atoms with Gasteiger partial charge in [-0.3, -0.25) is 9.78 Å². The summed E-state index contributed by atoms with van der Waals surface area (Å²) in [5.41, 5.74) is 1.77. The molecule has 1 aromatic rings. The van der Waals surface area contributed by atoms with E-state index in [2.05, 4.69) is 28.9 Å². The fourth-order valence-electron chi connectivity index (χ4n) is 3.64. The molecule has 2 saturated heterocycles. The van der Waals surface area contributed by atoms with Crippen LogP contribution < -0.4 is 0 Å². The van der Waals surface area contributed by atoms with Crippen LogP contribution in [0.25, 0.3) is 0 Å². The van der Waals surface area contributed by atoms with E-state index in [0.29, 0.717) is 13.1 Å². The van der Waals surface area contributed by atoms with E-state index in [-0.39, 0.29) is 18.1 Å². The second-order valence-electron chi connectivity index (χ2n) is 7.64. The molecule has 1 aromatic heterocycles. The van der Waals surface area contributed by atoms with Crippen LogP contribution in [0.2, 0.25) is 0 Å². The third-order valence-corrected chi connectivity index (χ3v) is 5.26. The Bertz CT molecular complexity index is 597. The number of likely N-dealkylation sites (tertiary alicyclic amines) is 1. The molecular weight excluding hydrogens is 316 g/mol. The molecule has 1 spiro atoms. The Hall–Kier alpha value is -1.50. The molecule has 0 N–H and O–H groups in total. The van der Waals surface area contributed by atoms with Crippen molar-refractivity contribution >= 4 is 5.91 Å². The maximum atomic E-state index is 12.3. The van der Waals surface area contributed by atoms with Crippen LogP contribution in [0, 0.1) is 6.92 Å². The van der Waals surface area contributed by atoms with Gasteiger partial charge >= 0.3 is 0 Å². The van der Waals surface area contributed by atoms with E-state index in [1.54, 1.807) is 0 Å². The van der Waals surface area contributed by atoms with E-state index in [1.807, 2.05) is 30.0 Å². The fraction of sp³-hybridized carbons (Fsp3) is 0.684. The predicted molar refractivity (Wildman–Crippen MR) is 97.3 cm³/mol. The van der Waals surface area contributed by atoms with Crippen molar-refractivity contribution in [3.63, 3.8) is 0 Å². The van der Waals surface area contributed by atoms with Crippen molar-refractivity contribution in [3.8, 4) is 0 Å². The van der Waals surface area contributed by atoms with Crippen molar-refractivity contribution in [3.05, 3.63) is 29.6 Å². The van der Waals surface area contributed by atoms with E-state index in [1.165, 1.54) is 0 Å². The summed E-state index contributed by atoms with van der Waals surface area (Å²) in [4.78, 5) is 23.5. The van der Waals surface area contributed by atoms with Gasteiger partial charge in [-0.05, 0) is 46.0 Å². The molecule has 0 unspecified atom stereocenters. The molecule has 1 amide bonds. The highest BCUT2D eigenvalue weighted by Gasteiger charge is 2.42. The number of hydrogen-bond acceptors (Lipinski definition) is 5. The Kier molecular flexibility index (Phi) is 5.71. The molecule has 6 nitrogen and oxygen atoms in total. The summed E-state index contributed by atoms with van der Waals surface area (Å²) in [5.74, 6) is 0.0731. The Labute approximate surface area is 150 Å². The van der Waals surface area contributed by atoms with Gasteiger partial charge in [-0.15, -0.1) is 0 Å². The van der Waals surface area contributed by atoms with Crippen molar-refractivity contribution in [1.82, 2.24) is 19.7 Å². The van der Waals surface area contributed by atoms with Gasteiger partial charge in [0.1, 0.15) is 6.61 Å². The number of nitrogens with zero attached hydrogens (tertiary/aromatic N) is 4. The number of amides is 1. The van der Waals surface area contributed by atoms with Gasteiger partial charge in [0.05, 0.1) is 24.4 Å². The van der Waals surface area contributed by atoms with E-state index < -0.39 is 0 Å². The molecule has 2 fully saturated rings. The summed E-state index contributed by atoms with van der Waals surface area (Å²) in [6, 6.07) is 5.98. The van der Waals surface area contributed by atoms with Crippen molar-refractivity contribution < 1.29 is 9.53 Å². The van der Waals surface area contributed by atoms with Crippen molar-refractivity contribution in [2.45, 2.75) is 31.9 Å². The minimum atomic E-state index is -0.174. The highest BCUT2D eigenvalue weighted by atomic mass is 16.5. The number of hydrogen-bond donors (Lipinski definition) is 0. The molecule has 25 heavy (non-hydrogen) atoms. The first kappa shape index (κ1) is 18.3. The quantitative estimate of drug-likeness (QED) is 0.800. The van der Waals surface area contributed by atoms with Crippen molar-refractivity contribution in [1.29, 1.82) is 0 Å². The van der Waals surface area contributed by atoms with Crippen LogP contribution in [0.3, 0.4) is 0 Å². The third kappa shape index (κ3) is 4.77. The summed E-state index contributed by atoms with van der Waals surface area (Å²) >= 11 is 0. The molecule has 2 aliphatic heterocycles. The average molecular weight is 346 g/mol. The molecule has 0 atom stereocenters. The summed E-state index contributed by atoms with van der Waals surface area (Å²) in [7, 11) is 4.22. The zero-order valence-electron chi connectivity index (χ0n) is 15.7. The minimum Gasteiger partial charge on any atom is -0.363 e. The maximum absolute atomic E-state index is 12.3. The van der Waals surface area contributed by atoms with Crippen LogP contribution in [0.1, 0.15) is 24.2 Å². The zero-order chi connectivity index (χ0) is 17.9. The molecule has 138 valence electrons. The Morgan fingerprint density at radius 3 is 2.72 bits per heavy atom. The first-order chi connectivity index (χ1) is 12.0. The largest absolute Gasteiger partial charge is 0.363 e. The standard InChI is InChI=1S/C19H30N4O2/c1-16-5-4-6-17(20-16)13-23-15-19(25-14-18(23)24)7-9-22(10-8-19)12-11-21(2)3/h4-6H,7-15H2,1-3H3. The van der Waals surface area contributed by atoms with Crippen LogP contribution in [0.15, 0.2) is 18.2 Å². The van der Waals surface area contributed by atoms with Gasteiger partial charge in [0, 0.05) is 31.9 Å². The molecule has 0 saturated carbocycles. The molecule has 3 heterocycles. The van der Waals surface area contributed by atoms with Gasteiger partial charge in [-0.2, -0.15) is 0 Å². The van der Waals surface area contributed by atoms with E-state index in [9.17, 15) is 4.79 Å². The first-order valence-electron chi connectivity index (χ1n) is 9.17. The van der Waals surface area contributed by atoms with E-state index in [4.69, 9.17) is 4.74 Å². The summed E-state index contributed by atoms with van der Waals surface area (Å²) in [6.45, 7) is 7.70. The van der Waals surface area contributed by atoms with Crippen molar-refractivity contribution in [2.24, 2.45) is 0 Å². The Balaban J connectivity index is 1.58. The molecule has 0 radical (unpaired) electrons.